The van der Waals surface area contributed by atoms with Gasteiger partial charge in [-0.15, -0.1) is 12.4 Å². The fourth-order valence-electron chi connectivity index (χ4n) is 1.51. The number of nitrogens with one attached hydrogen (secondary N) is 1. The SMILES string of the molecule is Cc1ccc(S(=O)(=O)NCC(C)CN)c(C)c1.Cl. The Bertz CT molecular complexity index is 489. The maximum absolute atomic E-state index is 12.0. The van der Waals surface area contributed by atoms with E-state index in [0.717, 1.165) is 11.1 Å². The van der Waals surface area contributed by atoms with Crippen LogP contribution >= 0.6 is 12.4 Å². The molecule has 0 radical (unpaired) electrons. The molecule has 6 heteroatoms. The average molecular weight is 293 g/mol. The van der Waals surface area contributed by atoms with E-state index in [0.29, 0.717) is 18.0 Å². The highest BCUT2D eigenvalue weighted by atomic mass is 35.5. The molecule has 18 heavy (non-hydrogen) atoms. The molecule has 0 aliphatic heterocycles. The van der Waals surface area contributed by atoms with Crippen LogP contribution in [0, 0.1) is 19.8 Å². The van der Waals surface area contributed by atoms with Gasteiger partial charge in [-0.3, -0.25) is 0 Å². The molecule has 3 N–H and O–H groups in total. The molecule has 0 spiro atoms. The number of sulfonamides is 1. The number of hydrogen-bond donors (Lipinski definition) is 2. The zero-order valence-corrected chi connectivity index (χ0v) is 12.6. The molecule has 1 atom stereocenters. The van der Waals surface area contributed by atoms with E-state index in [-0.39, 0.29) is 18.3 Å². The van der Waals surface area contributed by atoms with Crippen molar-refractivity contribution in [1.29, 1.82) is 0 Å². The highest BCUT2D eigenvalue weighted by Gasteiger charge is 2.16. The lowest BCUT2D eigenvalue weighted by molar-refractivity contribution is 0.544. The molecule has 0 aliphatic carbocycles. The van der Waals surface area contributed by atoms with E-state index in [4.69, 9.17) is 5.73 Å². The Morgan fingerprint density at radius 3 is 2.44 bits per heavy atom. The van der Waals surface area contributed by atoms with Crippen LogP contribution in [0.2, 0.25) is 0 Å². The smallest absolute Gasteiger partial charge is 0.240 e. The van der Waals surface area contributed by atoms with Crippen LogP contribution in [0.1, 0.15) is 18.1 Å². The van der Waals surface area contributed by atoms with Crippen LogP contribution in [-0.4, -0.2) is 21.5 Å². The summed E-state index contributed by atoms with van der Waals surface area (Å²) in [5.74, 6) is 0.135. The Balaban J connectivity index is 0.00000289. The molecule has 1 unspecified atom stereocenters. The van der Waals surface area contributed by atoms with Gasteiger partial charge in [0.2, 0.25) is 10.0 Å². The Hall–Kier alpha value is -0.620. The molecule has 104 valence electrons. The predicted molar refractivity (Wildman–Crippen MR) is 76.6 cm³/mol. The molecule has 0 fully saturated rings. The fourth-order valence-corrected chi connectivity index (χ4v) is 2.90. The van der Waals surface area contributed by atoms with E-state index >= 15 is 0 Å². The topological polar surface area (TPSA) is 72.2 Å². The lowest BCUT2D eigenvalue weighted by atomic mass is 10.2. The van der Waals surface area contributed by atoms with Gasteiger partial charge >= 0.3 is 0 Å². The number of benzene rings is 1. The second-order valence-electron chi connectivity index (χ2n) is 4.46. The van der Waals surface area contributed by atoms with Crippen molar-refractivity contribution in [2.75, 3.05) is 13.1 Å². The summed E-state index contributed by atoms with van der Waals surface area (Å²) >= 11 is 0. The van der Waals surface area contributed by atoms with Crippen molar-refractivity contribution in [1.82, 2.24) is 4.72 Å². The molecule has 0 amide bonds. The predicted octanol–water partition coefficient (Wildman–Crippen LogP) is 1.60. The Morgan fingerprint density at radius 2 is 1.94 bits per heavy atom. The van der Waals surface area contributed by atoms with Gasteiger partial charge in [0.25, 0.3) is 0 Å². The van der Waals surface area contributed by atoms with Gasteiger partial charge in [0.1, 0.15) is 0 Å². The summed E-state index contributed by atoms with van der Waals surface area (Å²) in [5.41, 5.74) is 7.27. The highest BCUT2D eigenvalue weighted by Crippen LogP contribution is 2.16. The lowest BCUT2D eigenvalue weighted by Gasteiger charge is -2.12. The number of halogens is 1. The lowest BCUT2D eigenvalue weighted by Crippen LogP contribution is -2.31. The Labute approximate surface area is 115 Å². The first-order chi connectivity index (χ1) is 7.86. The zero-order valence-electron chi connectivity index (χ0n) is 10.9. The summed E-state index contributed by atoms with van der Waals surface area (Å²) in [7, 11) is -3.42. The van der Waals surface area contributed by atoms with Gasteiger partial charge in [-0.05, 0) is 37.9 Å². The zero-order chi connectivity index (χ0) is 13.1. The minimum atomic E-state index is -3.42. The van der Waals surface area contributed by atoms with Crippen LogP contribution in [0.3, 0.4) is 0 Å². The van der Waals surface area contributed by atoms with Crippen LogP contribution in [0.25, 0.3) is 0 Å². The molecule has 0 aromatic heterocycles. The summed E-state index contributed by atoms with van der Waals surface area (Å²) in [6, 6.07) is 5.30. The first-order valence-corrected chi connectivity index (χ1v) is 7.12. The minimum absolute atomic E-state index is 0. The molecule has 0 aliphatic rings. The highest BCUT2D eigenvalue weighted by molar-refractivity contribution is 7.89. The summed E-state index contributed by atoms with van der Waals surface area (Å²) in [6.45, 7) is 6.48. The van der Waals surface area contributed by atoms with E-state index < -0.39 is 10.0 Å². The third-order valence-corrected chi connectivity index (χ3v) is 4.23. The second-order valence-corrected chi connectivity index (χ2v) is 6.20. The van der Waals surface area contributed by atoms with Crippen molar-refractivity contribution in [2.24, 2.45) is 11.7 Å². The number of nitrogens with two attached hydrogens (primary N) is 1. The maximum atomic E-state index is 12.0. The fraction of sp³-hybridized carbons (Fsp3) is 0.500. The van der Waals surface area contributed by atoms with Crippen LogP contribution < -0.4 is 10.5 Å². The van der Waals surface area contributed by atoms with Crippen LogP contribution in [0.5, 0.6) is 0 Å². The van der Waals surface area contributed by atoms with Crippen LogP contribution in [0.15, 0.2) is 23.1 Å². The van der Waals surface area contributed by atoms with E-state index in [1.807, 2.05) is 19.9 Å². The standard InChI is InChI=1S/C12H20N2O2S.ClH/c1-9-4-5-12(11(3)6-9)17(15,16)14-8-10(2)7-13;/h4-6,10,14H,7-8,13H2,1-3H3;1H. The minimum Gasteiger partial charge on any atom is -0.330 e. The van der Waals surface area contributed by atoms with Gasteiger partial charge in [0, 0.05) is 6.54 Å². The van der Waals surface area contributed by atoms with Crippen LogP contribution in [0.4, 0.5) is 0 Å². The second kappa shape index (κ2) is 7.09. The van der Waals surface area contributed by atoms with E-state index in [1.54, 1.807) is 19.1 Å². The summed E-state index contributed by atoms with van der Waals surface area (Å²) in [5, 5.41) is 0. The van der Waals surface area contributed by atoms with Crippen LogP contribution in [-0.2, 0) is 10.0 Å². The summed E-state index contributed by atoms with van der Waals surface area (Å²) in [4.78, 5) is 0.340. The van der Waals surface area contributed by atoms with Crippen molar-refractivity contribution >= 4 is 22.4 Å². The van der Waals surface area contributed by atoms with E-state index in [2.05, 4.69) is 4.72 Å². The largest absolute Gasteiger partial charge is 0.330 e. The number of hydrogen-bond acceptors (Lipinski definition) is 3. The molecule has 0 saturated carbocycles. The first-order valence-electron chi connectivity index (χ1n) is 5.64. The van der Waals surface area contributed by atoms with Gasteiger partial charge in [-0.25, -0.2) is 13.1 Å². The number of aryl methyl sites for hydroxylation is 2. The summed E-state index contributed by atoms with van der Waals surface area (Å²) in [6.07, 6.45) is 0. The van der Waals surface area contributed by atoms with Gasteiger partial charge in [0.05, 0.1) is 4.90 Å². The van der Waals surface area contributed by atoms with Gasteiger partial charge in [-0.2, -0.15) is 0 Å². The van der Waals surface area contributed by atoms with Crippen molar-refractivity contribution < 1.29 is 8.42 Å². The number of rotatable bonds is 5. The molecular formula is C12H21ClN2O2S. The quantitative estimate of drug-likeness (QED) is 0.866. The normalized spacial score (nSPS) is 12.9. The molecule has 0 bridgehead atoms. The third-order valence-electron chi connectivity index (χ3n) is 2.64. The average Bonchev–Trinajstić information content (AvgIpc) is 2.25. The van der Waals surface area contributed by atoms with Gasteiger partial charge in [-0.1, -0.05) is 24.6 Å². The Kier molecular flexibility index (Phi) is 6.84. The van der Waals surface area contributed by atoms with Crippen molar-refractivity contribution in [2.45, 2.75) is 25.7 Å². The van der Waals surface area contributed by atoms with Crippen molar-refractivity contribution in [3.8, 4) is 0 Å². The van der Waals surface area contributed by atoms with E-state index in [1.165, 1.54) is 0 Å². The molecule has 1 aromatic carbocycles. The maximum Gasteiger partial charge on any atom is 0.240 e. The first kappa shape index (κ1) is 17.4. The van der Waals surface area contributed by atoms with E-state index in [9.17, 15) is 8.42 Å². The van der Waals surface area contributed by atoms with Crippen molar-refractivity contribution in [3.63, 3.8) is 0 Å². The third kappa shape index (κ3) is 4.57. The summed E-state index contributed by atoms with van der Waals surface area (Å²) < 4.78 is 26.6. The molecule has 0 saturated heterocycles. The molecular weight excluding hydrogens is 272 g/mol. The molecule has 0 heterocycles. The Morgan fingerprint density at radius 1 is 1.33 bits per heavy atom. The van der Waals surface area contributed by atoms with Gasteiger partial charge < -0.3 is 5.73 Å². The van der Waals surface area contributed by atoms with Crippen molar-refractivity contribution in [3.05, 3.63) is 29.3 Å². The molecule has 4 nitrogen and oxygen atoms in total. The monoisotopic (exact) mass is 292 g/mol. The molecule has 1 rings (SSSR count). The molecule has 1 aromatic rings. The van der Waals surface area contributed by atoms with Gasteiger partial charge in [0.15, 0.2) is 0 Å².